The highest BCUT2D eigenvalue weighted by Gasteiger charge is 2.33. The van der Waals surface area contributed by atoms with Gasteiger partial charge in [-0.05, 0) is 72.9 Å². The number of guanidine groups is 1. The molecule has 0 bridgehead atoms. The predicted octanol–water partition coefficient (Wildman–Crippen LogP) is 6.55. The summed E-state index contributed by atoms with van der Waals surface area (Å²) >= 11 is 12.4. The summed E-state index contributed by atoms with van der Waals surface area (Å²) in [6, 6.07) is 12.4. The third-order valence-electron chi connectivity index (χ3n) is 7.10. The Labute approximate surface area is 240 Å². The van der Waals surface area contributed by atoms with Crippen molar-refractivity contribution < 1.29 is 14.7 Å². The Kier molecular flexibility index (Phi) is 10.6. The van der Waals surface area contributed by atoms with E-state index in [2.05, 4.69) is 41.3 Å². The van der Waals surface area contributed by atoms with Gasteiger partial charge < -0.3 is 20.6 Å². The van der Waals surface area contributed by atoms with Crippen LogP contribution < -0.4 is 10.6 Å². The molecule has 10 heteroatoms. The first-order valence-electron chi connectivity index (χ1n) is 13.0. The molecule has 0 spiro atoms. The van der Waals surface area contributed by atoms with E-state index in [1.54, 1.807) is 30.3 Å². The van der Waals surface area contributed by atoms with E-state index in [-0.39, 0.29) is 30.3 Å². The largest absolute Gasteiger partial charge is 0.481 e. The molecule has 39 heavy (non-hydrogen) atoms. The van der Waals surface area contributed by atoms with E-state index in [4.69, 9.17) is 28.3 Å². The molecule has 2 aromatic carbocycles. The van der Waals surface area contributed by atoms with E-state index < -0.39 is 5.97 Å². The monoisotopic (exact) mass is 571 g/mol. The van der Waals surface area contributed by atoms with Gasteiger partial charge in [-0.3, -0.25) is 9.59 Å². The van der Waals surface area contributed by atoms with Crippen molar-refractivity contribution in [2.24, 2.45) is 16.3 Å². The van der Waals surface area contributed by atoms with Gasteiger partial charge in [0.05, 0.1) is 6.42 Å². The van der Waals surface area contributed by atoms with Gasteiger partial charge in [0.2, 0.25) is 12.2 Å². The quantitative estimate of drug-likeness (QED) is 0.188. The molecule has 0 heterocycles. The van der Waals surface area contributed by atoms with Crippen LogP contribution in [0.3, 0.4) is 0 Å². The van der Waals surface area contributed by atoms with Gasteiger partial charge in [-0.1, -0.05) is 56.1 Å². The highest BCUT2D eigenvalue weighted by atomic mass is 35.5. The molecule has 0 saturated heterocycles. The highest BCUT2D eigenvalue weighted by Crippen LogP contribution is 2.39. The lowest BCUT2D eigenvalue weighted by Gasteiger charge is -2.42. The minimum Gasteiger partial charge on any atom is -0.481 e. The molecule has 1 aliphatic carbocycles. The molecule has 1 amide bonds. The molecule has 0 radical (unpaired) electrons. The van der Waals surface area contributed by atoms with Gasteiger partial charge in [-0.15, -0.1) is 4.99 Å². The number of carbonyl (C=O) groups excluding carboxylic acids is 1. The Balaban J connectivity index is 1.84. The maximum Gasteiger partial charge on any atom is 0.305 e. The number of aliphatic carboxylic acids is 1. The molecule has 1 saturated carbocycles. The number of benzene rings is 2. The Bertz CT molecular complexity index is 1210. The minimum absolute atomic E-state index is 0.0636. The fraction of sp³-hybridized carbons (Fsp3) is 0.448. The number of carboxylic acids is 1. The average Bonchev–Trinajstić information content (AvgIpc) is 2.86. The lowest BCUT2D eigenvalue weighted by atomic mass is 9.71. The molecular weight excluding hydrogens is 537 g/mol. The van der Waals surface area contributed by atoms with E-state index >= 15 is 0 Å². The van der Waals surface area contributed by atoms with Crippen molar-refractivity contribution in [3.63, 3.8) is 0 Å². The van der Waals surface area contributed by atoms with E-state index in [0.29, 0.717) is 39.7 Å². The zero-order chi connectivity index (χ0) is 28.6. The summed E-state index contributed by atoms with van der Waals surface area (Å²) in [6.45, 7) is 7.37. The molecule has 8 nitrogen and oxygen atoms in total. The smallest absolute Gasteiger partial charge is 0.305 e. The molecule has 1 fully saturated rings. The van der Waals surface area contributed by atoms with E-state index in [1.165, 1.54) is 0 Å². The zero-order valence-corrected chi connectivity index (χ0v) is 24.0. The normalized spacial score (nSPS) is 17.7. The van der Waals surface area contributed by atoms with Crippen LogP contribution in [0.5, 0.6) is 0 Å². The van der Waals surface area contributed by atoms with Gasteiger partial charge >= 0.3 is 5.97 Å². The lowest BCUT2D eigenvalue weighted by molar-refractivity contribution is -0.136. The highest BCUT2D eigenvalue weighted by molar-refractivity contribution is 6.35. The van der Waals surface area contributed by atoms with E-state index in [9.17, 15) is 14.9 Å². The molecule has 2 aromatic rings. The second kappa shape index (κ2) is 13.7. The van der Waals surface area contributed by atoms with Gasteiger partial charge in [0.1, 0.15) is 0 Å². The van der Waals surface area contributed by atoms with Gasteiger partial charge in [0, 0.05) is 40.4 Å². The third kappa shape index (κ3) is 9.15. The van der Waals surface area contributed by atoms with Crippen molar-refractivity contribution in [3.8, 4) is 6.19 Å². The number of anilines is 1. The van der Waals surface area contributed by atoms with E-state index in [0.717, 1.165) is 31.2 Å². The topological polar surface area (TPSA) is 118 Å². The molecular formula is C29H35Cl2N5O3. The number of nitriles is 1. The molecule has 208 valence electrons. The summed E-state index contributed by atoms with van der Waals surface area (Å²) in [5, 5.41) is 25.1. The maximum absolute atomic E-state index is 12.4. The standard InChI is InChI=1S/C29H35Cl2N5O3/c1-29(2,3)21-8-10-25(11-9-21)36(28(34-18-32)35-24-15-22(30)14-23(31)16-24)17-19-4-6-20(7-5-19)27(39)33-13-12-26(37)38/h4-7,14-16,21,25H,8-13,17H2,1-3H3,(H,33,39)(H,34,35)(H,37,38)/t21-,25-. The fourth-order valence-corrected chi connectivity index (χ4v) is 5.47. The number of rotatable bonds is 8. The van der Waals surface area contributed by atoms with Crippen LogP contribution in [0.2, 0.25) is 10.0 Å². The third-order valence-corrected chi connectivity index (χ3v) is 7.54. The fourth-order valence-electron chi connectivity index (χ4n) is 4.94. The van der Waals surface area contributed by atoms with Crippen LogP contribution in [0.4, 0.5) is 5.69 Å². The summed E-state index contributed by atoms with van der Waals surface area (Å²) in [6.07, 6.45) is 5.84. The van der Waals surface area contributed by atoms with Crippen LogP contribution in [0.1, 0.15) is 68.8 Å². The van der Waals surface area contributed by atoms with Crippen molar-refractivity contribution in [1.29, 1.82) is 5.26 Å². The van der Waals surface area contributed by atoms with Crippen molar-refractivity contribution in [2.75, 3.05) is 11.9 Å². The zero-order valence-electron chi connectivity index (χ0n) is 22.5. The summed E-state index contributed by atoms with van der Waals surface area (Å²) in [4.78, 5) is 29.3. The number of aliphatic imine (C=N–C) groups is 1. The Morgan fingerprint density at radius 2 is 1.69 bits per heavy atom. The van der Waals surface area contributed by atoms with Crippen molar-refractivity contribution in [3.05, 3.63) is 63.6 Å². The molecule has 0 aliphatic heterocycles. The summed E-state index contributed by atoms with van der Waals surface area (Å²) < 4.78 is 0. The Morgan fingerprint density at radius 1 is 1.08 bits per heavy atom. The van der Waals surface area contributed by atoms with Crippen LogP contribution in [0.25, 0.3) is 0 Å². The van der Waals surface area contributed by atoms with E-state index in [1.807, 2.05) is 18.3 Å². The first-order chi connectivity index (χ1) is 18.5. The number of carbonyl (C=O) groups is 2. The second-order valence-electron chi connectivity index (χ2n) is 10.9. The van der Waals surface area contributed by atoms with Gasteiger partial charge in [0.25, 0.3) is 5.91 Å². The first kappa shape index (κ1) is 30.3. The van der Waals surface area contributed by atoms with Crippen LogP contribution >= 0.6 is 23.2 Å². The number of carboxylic acid groups (broad SMARTS) is 1. The minimum atomic E-state index is -0.967. The van der Waals surface area contributed by atoms with Crippen LogP contribution in [-0.4, -0.2) is 40.4 Å². The average molecular weight is 573 g/mol. The number of hydrogen-bond acceptors (Lipinski definition) is 4. The van der Waals surface area contributed by atoms with Crippen LogP contribution in [0, 0.1) is 22.8 Å². The van der Waals surface area contributed by atoms with Gasteiger partial charge in [-0.2, -0.15) is 5.26 Å². The number of halogens is 2. The maximum atomic E-state index is 12.4. The number of amides is 1. The SMILES string of the molecule is CC(C)(C)[C@H]1CC[C@H](N(Cc2ccc(C(=O)NCCC(=O)O)cc2)/C(=N\C#N)Nc2cc(Cl)cc(Cl)c2)CC1. The molecule has 3 rings (SSSR count). The summed E-state index contributed by atoms with van der Waals surface area (Å²) in [7, 11) is 0. The molecule has 0 unspecified atom stereocenters. The molecule has 0 aromatic heterocycles. The van der Waals surface area contributed by atoms with Crippen molar-refractivity contribution >= 4 is 46.7 Å². The lowest BCUT2D eigenvalue weighted by Crippen LogP contribution is -2.45. The van der Waals surface area contributed by atoms with Crippen LogP contribution in [-0.2, 0) is 11.3 Å². The Morgan fingerprint density at radius 3 is 2.23 bits per heavy atom. The first-order valence-corrected chi connectivity index (χ1v) is 13.8. The van der Waals surface area contributed by atoms with Crippen LogP contribution in [0.15, 0.2) is 47.5 Å². The number of nitrogens with zero attached hydrogens (tertiary/aromatic N) is 3. The molecule has 3 N–H and O–H groups in total. The van der Waals surface area contributed by atoms with Crippen molar-refractivity contribution in [1.82, 2.24) is 10.2 Å². The van der Waals surface area contributed by atoms with Crippen molar-refractivity contribution in [2.45, 2.75) is 65.5 Å². The summed E-state index contributed by atoms with van der Waals surface area (Å²) in [5.74, 6) is -0.270. The molecule has 1 aliphatic rings. The second-order valence-corrected chi connectivity index (χ2v) is 11.8. The summed E-state index contributed by atoms with van der Waals surface area (Å²) in [5.41, 5.74) is 2.24. The number of nitrogens with one attached hydrogen (secondary N) is 2. The Hall–Kier alpha value is -3.28. The number of hydrogen-bond donors (Lipinski definition) is 3. The predicted molar refractivity (Wildman–Crippen MR) is 155 cm³/mol. The van der Waals surface area contributed by atoms with Gasteiger partial charge in [-0.25, -0.2) is 0 Å². The molecule has 0 atom stereocenters. The van der Waals surface area contributed by atoms with Gasteiger partial charge in [0.15, 0.2) is 0 Å².